The summed E-state index contributed by atoms with van der Waals surface area (Å²) in [6.07, 6.45) is 2.87. The Kier molecular flexibility index (Phi) is 8.61. The number of ether oxygens (including phenoxy) is 3. The molecule has 9 nitrogen and oxygen atoms in total. The fourth-order valence-electron chi connectivity index (χ4n) is 3.14. The standard InChI is InChI=1S/C26H29N3O6/c1-18(30)33-17-22(27-25(31)34-16-20-8-6-5-7-9-20)26(2,3)24-28-23(35-29-24)15-12-19-10-13-21(32-4)14-11-19/h5-15,22H,16-17H2,1-4H3,(H,27,31)/t22-/m1/s1. The van der Waals surface area contributed by atoms with Crippen LogP contribution in [0.3, 0.4) is 0 Å². The van der Waals surface area contributed by atoms with E-state index in [0.717, 1.165) is 16.9 Å². The number of carbonyl (C=O) groups is 2. The van der Waals surface area contributed by atoms with Gasteiger partial charge in [0.2, 0.25) is 0 Å². The molecule has 9 heteroatoms. The zero-order chi connectivity index (χ0) is 25.3. The molecule has 35 heavy (non-hydrogen) atoms. The summed E-state index contributed by atoms with van der Waals surface area (Å²) >= 11 is 0. The minimum Gasteiger partial charge on any atom is -0.497 e. The van der Waals surface area contributed by atoms with Crippen LogP contribution in [0.2, 0.25) is 0 Å². The number of nitrogens with zero attached hydrogens (tertiary/aromatic N) is 2. The number of methoxy groups -OCH3 is 1. The molecule has 3 aromatic rings. The van der Waals surface area contributed by atoms with Gasteiger partial charge < -0.3 is 24.1 Å². The Labute approximate surface area is 204 Å². The maximum Gasteiger partial charge on any atom is 0.407 e. The second-order valence-electron chi connectivity index (χ2n) is 8.35. The summed E-state index contributed by atoms with van der Waals surface area (Å²) in [6, 6.07) is 16.1. The quantitative estimate of drug-likeness (QED) is 0.426. The predicted octanol–water partition coefficient (Wildman–Crippen LogP) is 4.38. The SMILES string of the molecule is COc1ccc(C=Cc2nc(C(C)(C)[C@@H](COC(C)=O)NC(=O)OCc3ccccc3)no2)cc1. The third kappa shape index (κ3) is 7.43. The summed E-state index contributed by atoms with van der Waals surface area (Å²) in [5.41, 5.74) is 0.932. The Morgan fingerprint density at radius 1 is 1.06 bits per heavy atom. The van der Waals surface area contributed by atoms with Crippen molar-refractivity contribution in [1.29, 1.82) is 0 Å². The van der Waals surface area contributed by atoms with E-state index in [1.807, 2.05) is 74.5 Å². The van der Waals surface area contributed by atoms with E-state index < -0.39 is 23.5 Å². The first kappa shape index (κ1) is 25.5. The molecule has 3 rings (SSSR count). The molecule has 1 atom stereocenters. The first-order valence-corrected chi connectivity index (χ1v) is 11.0. The van der Waals surface area contributed by atoms with Crippen LogP contribution in [0.5, 0.6) is 5.75 Å². The smallest absolute Gasteiger partial charge is 0.407 e. The number of esters is 1. The lowest BCUT2D eigenvalue weighted by Crippen LogP contribution is -2.51. The van der Waals surface area contributed by atoms with Crippen molar-refractivity contribution in [3.8, 4) is 5.75 Å². The molecule has 0 saturated heterocycles. The van der Waals surface area contributed by atoms with Crippen molar-refractivity contribution in [2.24, 2.45) is 0 Å². The molecule has 1 amide bonds. The monoisotopic (exact) mass is 479 g/mol. The molecule has 184 valence electrons. The molecule has 0 radical (unpaired) electrons. The predicted molar refractivity (Wildman–Crippen MR) is 129 cm³/mol. The lowest BCUT2D eigenvalue weighted by atomic mass is 9.84. The maximum atomic E-state index is 12.5. The van der Waals surface area contributed by atoms with Gasteiger partial charge >= 0.3 is 12.1 Å². The highest BCUT2D eigenvalue weighted by molar-refractivity contribution is 5.69. The van der Waals surface area contributed by atoms with Crippen molar-refractivity contribution in [2.45, 2.75) is 38.8 Å². The van der Waals surface area contributed by atoms with Crippen molar-refractivity contribution >= 4 is 24.2 Å². The first-order chi connectivity index (χ1) is 16.8. The lowest BCUT2D eigenvalue weighted by Gasteiger charge is -2.31. The molecule has 1 N–H and O–H groups in total. The summed E-state index contributed by atoms with van der Waals surface area (Å²) < 4.78 is 21.1. The second-order valence-corrected chi connectivity index (χ2v) is 8.35. The fraction of sp³-hybridized carbons (Fsp3) is 0.308. The maximum absolute atomic E-state index is 12.5. The number of rotatable bonds is 10. The van der Waals surface area contributed by atoms with Gasteiger partial charge in [0.25, 0.3) is 5.89 Å². The number of hydrogen-bond donors (Lipinski definition) is 1. The van der Waals surface area contributed by atoms with Gasteiger partial charge in [-0.15, -0.1) is 0 Å². The second kappa shape index (κ2) is 11.8. The van der Waals surface area contributed by atoms with Crippen LogP contribution in [-0.4, -0.2) is 42.0 Å². The van der Waals surface area contributed by atoms with Gasteiger partial charge in [-0.3, -0.25) is 4.79 Å². The van der Waals surface area contributed by atoms with Gasteiger partial charge in [-0.25, -0.2) is 4.79 Å². The number of nitrogens with one attached hydrogen (secondary N) is 1. The Bertz CT molecular complexity index is 1140. The van der Waals surface area contributed by atoms with Crippen LogP contribution < -0.4 is 10.1 Å². The molecule has 1 aromatic heterocycles. The molecule has 0 aliphatic rings. The first-order valence-electron chi connectivity index (χ1n) is 11.0. The molecule has 0 spiro atoms. The van der Waals surface area contributed by atoms with Crippen molar-refractivity contribution in [1.82, 2.24) is 15.5 Å². The lowest BCUT2D eigenvalue weighted by molar-refractivity contribution is -0.142. The average Bonchev–Trinajstić information content (AvgIpc) is 3.35. The highest BCUT2D eigenvalue weighted by Gasteiger charge is 2.38. The largest absolute Gasteiger partial charge is 0.497 e. The summed E-state index contributed by atoms with van der Waals surface area (Å²) in [6.45, 7) is 4.96. The van der Waals surface area contributed by atoms with Gasteiger partial charge in [0.1, 0.15) is 19.0 Å². The number of amides is 1. The highest BCUT2D eigenvalue weighted by Crippen LogP contribution is 2.26. The molecule has 1 heterocycles. The molecule has 0 aliphatic carbocycles. The third-order valence-corrected chi connectivity index (χ3v) is 5.38. The van der Waals surface area contributed by atoms with Gasteiger partial charge in [-0.2, -0.15) is 4.98 Å². The fourth-order valence-corrected chi connectivity index (χ4v) is 3.14. The average molecular weight is 480 g/mol. The third-order valence-electron chi connectivity index (χ3n) is 5.38. The van der Waals surface area contributed by atoms with E-state index in [-0.39, 0.29) is 13.2 Å². The number of carbonyl (C=O) groups excluding carboxylic acids is 2. The normalized spacial score (nSPS) is 12.2. The molecule has 2 aromatic carbocycles. The van der Waals surface area contributed by atoms with Gasteiger partial charge in [0.15, 0.2) is 5.82 Å². The minimum absolute atomic E-state index is 0.0890. The van der Waals surface area contributed by atoms with Gasteiger partial charge in [0.05, 0.1) is 18.6 Å². The summed E-state index contributed by atoms with van der Waals surface area (Å²) in [7, 11) is 1.61. The number of alkyl carbamates (subject to hydrolysis) is 1. The Balaban J connectivity index is 1.70. The minimum atomic E-state index is -0.850. The zero-order valence-corrected chi connectivity index (χ0v) is 20.2. The van der Waals surface area contributed by atoms with Crippen LogP contribution in [0, 0.1) is 0 Å². The number of aromatic nitrogens is 2. The van der Waals surface area contributed by atoms with Crippen LogP contribution in [0.25, 0.3) is 12.2 Å². The van der Waals surface area contributed by atoms with Gasteiger partial charge in [0, 0.05) is 13.0 Å². The van der Waals surface area contributed by atoms with Crippen molar-refractivity contribution in [3.63, 3.8) is 0 Å². The van der Waals surface area contributed by atoms with Crippen molar-refractivity contribution < 1.29 is 28.3 Å². The van der Waals surface area contributed by atoms with E-state index in [1.165, 1.54) is 6.92 Å². The van der Waals surface area contributed by atoms with Crippen molar-refractivity contribution in [3.05, 3.63) is 77.4 Å². The topological polar surface area (TPSA) is 113 Å². The highest BCUT2D eigenvalue weighted by atomic mass is 16.6. The molecule has 0 aliphatic heterocycles. The molecule has 0 saturated carbocycles. The van der Waals surface area contributed by atoms with E-state index >= 15 is 0 Å². The Morgan fingerprint density at radius 2 is 1.77 bits per heavy atom. The van der Waals surface area contributed by atoms with E-state index in [9.17, 15) is 9.59 Å². The van der Waals surface area contributed by atoms with Crippen LogP contribution in [-0.2, 0) is 26.3 Å². The van der Waals surface area contributed by atoms with Crippen LogP contribution in [0.15, 0.2) is 59.1 Å². The molecule has 0 unspecified atom stereocenters. The van der Waals surface area contributed by atoms with E-state index in [1.54, 1.807) is 13.2 Å². The Hall–Kier alpha value is -4.14. The van der Waals surface area contributed by atoms with Crippen LogP contribution in [0.1, 0.15) is 43.6 Å². The van der Waals surface area contributed by atoms with Crippen molar-refractivity contribution in [2.75, 3.05) is 13.7 Å². The molecule has 0 bridgehead atoms. The van der Waals surface area contributed by atoms with Crippen LogP contribution in [0.4, 0.5) is 4.79 Å². The summed E-state index contributed by atoms with van der Waals surface area (Å²) in [5.74, 6) is 0.924. The molecule has 0 fully saturated rings. The molecular weight excluding hydrogens is 450 g/mol. The van der Waals surface area contributed by atoms with Gasteiger partial charge in [-0.1, -0.05) is 61.5 Å². The zero-order valence-electron chi connectivity index (χ0n) is 20.2. The number of hydrogen-bond acceptors (Lipinski definition) is 8. The summed E-state index contributed by atoms with van der Waals surface area (Å²) in [4.78, 5) is 28.4. The number of benzene rings is 2. The Morgan fingerprint density at radius 3 is 2.43 bits per heavy atom. The van der Waals surface area contributed by atoms with Gasteiger partial charge in [-0.05, 0) is 29.3 Å². The van der Waals surface area contributed by atoms with E-state index in [2.05, 4.69) is 15.5 Å². The van der Waals surface area contributed by atoms with Crippen LogP contribution >= 0.6 is 0 Å². The van der Waals surface area contributed by atoms with E-state index in [0.29, 0.717) is 11.7 Å². The molecular formula is C26H29N3O6. The summed E-state index contributed by atoms with van der Waals surface area (Å²) in [5, 5.41) is 6.86. The van der Waals surface area contributed by atoms with E-state index in [4.69, 9.17) is 18.7 Å².